The molecule has 2 N–H and O–H groups in total. The maximum absolute atomic E-state index is 5.25. The number of furan rings is 1. The minimum absolute atomic E-state index is 0.744. The lowest BCUT2D eigenvalue weighted by Gasteiger charge is -2.00. The molecule has 0 aliphatic carbocycles. The number of nitrogens with zero attached hydrogens (tertiary/aromatic N) is 4. The second-order valence-electron chi connectivity index (χ2n) is 6.70. The van der Waals surface area contributed by atoms with Crippen LogP contribution in [0.3, 0.4) is 0 Å². The van der Waals surface area contributed by atoms with Gasteiger partial charge >= 0.3 is 0 Å². The minimum atomic E-state index is 0.744. The molecule has 0 atom stereocenters. The van der Waals surface area contributed by atoms with Crippen LogP contribution in [0.4, 0.5) is 0 Å². The summed E-state index contributed by atoms with van der Waals surface area (Å²) in [5, 5.41) is 8.57. The number of pyridine rings is 3. The zero-order valence-corrected chi connectivity index (χ0v) is 15.1. The van der Waals surface area contributed by atoms with Crippen LogP contribution in [-0.4, -0.2) is 30.1 Å². The zero-order chi connectivity index (χ0) is 19.2. The van der Waals surface area contributed by atoms with E-state index in [2.05, 4.69) is 31.2 Å². The summed E-state index contributed by atoms with van der Waals surface area (Å²) in [5.74, 6) is 0. The van der Waals surface area contributed by atoms with Gasteiger partial charge in [-0.2, -0.15) is 5.10 Å². The van der Waals surface area contributed by atoms with Gasteiger partial charge in [0.25, 0.3) is 0 Å². The Morgan fingerprint density at radius 2 is 1.90 bits per heavy atom. The molecule has 0 spiro atoms. The van der Waals surface area contributed by atoms with E-state index in [-0.39, 0.29) is 0 Å². The summed E-state index contributed by atoms with van der Waals surface area (Å²) in [4.78, 5) is 17.1. The highest BCUT2D eigenvalue weighted by Crippen LogP contribution is 2.33. The molecule has 7 nitrogen and oxygen atoms in total. The smallest absolute Gasteiger partial charge is 0.138 e. The van der Waals surface area contributed by atoms with E-state index in [4.69, 9.17) is 9.40 Å². The van der Waals surface area contributed by atoms with Crippen LogP contribution in [0.2, 0.25) is 0 Å². The molecular formula is C22H14N6O. The average molecular weight is 378 g/mol. The zero-order valence-electron chi connectivity index (χ0n) is 15.1. The number of aromatic amines is 2. The fraction of sp³-hybridized carbons (Fsp3) is 0. The quantitative estimate of drug-likeness (QED) is 0.460. The Hall–Kier alpha value is -4.26. The highest BCUT2D eigenvalue weighted by molar-refractivity contribution is 5.98. The van der Waals surface area contributed by atoms with Gasteiger partial charge in [-0.15, -0.1) is 0 Å². The molecule has 6 heterocycles. The number of hydrogen-bond acceptors (Lipinski definition) is 5. The Morgan fingerprint density at radius 1 is 0.897 bits per heavy atom. The molecule has 0 unspecified atom stereocenters. The highest BCUT2D eigenvalue weighted by atomic mass is 16.3. The first-order valence-electron chi connectivity index (χ1n) is 9.14. The van der Waals surface area contributed by atoms with Gasteiger partial charge in [-0.3, -0.25) is 10.1 Å². The first kappa shape index (κ1) is 15.8. The lowest BCUT2D eigenvalue weighted by Crippen LogP contribution is -1.88. The summed E-state index contributed by atoms with van der Waals surface area (Å²) < 4.78 is 5.25. The molecule has 0 radical (unpaired) electrons. The van der Waals surface area contributed by atoms with Gasteiger partial charge in [0.1, 0.15) is 16.9 Å². The number of nitrogens with one attached hydrogen (secondary N) is 2. The standard InChI is InChI=1S/C22H14N6O/c1-2-8-23-16(3-1)17-4-5-18-20(25-17)21(28-27-18)19-11-15-14(13-7-10-29-12-13)6-9-24-22(15)26-19/h1-12H,(H,24,26)(H,27,28). The topological polar surface area (TPSA) is 96.3 Å². The first-order valence-corrected chi connectivity index (χ1v) is 9.14. The van der Waals surface area contributed by atoms with Crippen LogP contribution in [0, 0.1) is 0 Å². The average Bonchev–Trinajstić information content (AvgIpc) is 3.52. The number of aromatic nitrogens is 6. The van der Waals surface area contributed by atoms with Crippen LogP contribution in [0.15, 0.2) is 77.9 Å². The third-order valence-electron chi connectivity index (χ3n) is 4.95. The SMILES string of the molecule is c1ccc(-c2ccc3[nH]nc(-c4cc5c(-c6ccoc6)ccnc5[nH]4)c3n2)nc1. The fourth-order valence-electron chi connectivity index (χ4n) is 3.57. The molecule has 7 heteroatoms. The van der Waals surface area contributed by atoms with Gasteiger partial charge in [-0.1, -0.05) is 6.07 Å². The predicted octanol–water partition coefficient (Wildman–Crippen LogP) is 4.82. The molecule has 0 saturated heterocycles. The van der Waals surface area contributed by atoms with E-state index in [0.29, 0.717) is 0 Å². The van der Waals surface area contributed by atoms with Gasteiger partial charge in [0.15, 0.2) is 0 Å². The summed E-state index contributed by atoms with van der Waals surface area (Å²) in [7, 11) is 0. The second kappa shape index (κ2) is 6.13. The van der Waals surface area contributed by atoms with Crippen molar-refractivity contribution in [1.29, 1.82) is 0 Å². The molecule has 0 amide bonds. The van der Waals surface area contributed by atoms with Gasteiger partial charge in [0.05, 0.1) is 35.1 Å². The molecule has 0 aliphatic heterocycles. The van der Waals surface area contributed by atoms with E-state index in [1.165, 1.54) is 0 Å². The number of rotatable bonds is 3. The summed E-state index contributed by atoms with van der Waals surface area (Å²) in [6.07, 6.45) is 6.94. The molecule has 0 bridgehead atoms. The molecular weight excluding hydrogens is 364 g/mol. The van der Waals surface area contributed by atoms with E-state index in [0.717, 1.165) is 56.0 Å². The molecule has 29 heavy (non-hydrogen) atoms. The first-order chi connectivity index (χ1) is 14.4. The molecule has 0 aromatic carbocycles. The third kappa shape index (κ3) is 2.52. The van der Waals surface area contributed by atoms with Crippen LogP contribution < -0.4 is 0 Å². The molecule has 0 saturated carbocycles. The molecule has 138 valence electrons. The van der Waals surface area contributed by atoms with Gasteiger partial charge in [-0.25, -0.2) is 9.97 Å². The van der Waals surface area contributed by atoms with E-state index < -0.39 is 0 Å². The van der Waals surface area contributed by atoms with Crippen molar-refractivity contribution in [3.8, 4) is 33.9 Å². The van der Waals surface area contributed by atoms with Crippen LogP contribution in [-0.2, 0) is 0 Å². The molecule has 6 aromatic heterocycles. The third-order valence-corrected chi connectivity index (χ3v) is 4.95. The van der Waals surface area contributed by atoms with Gasteiger partial charge in [-0.05, 0) is 48.0 Å². The van der Waals surface area contributed by atoms with Crippen molar-refractivity contribution in [2.24, 2.45) is 0 Å². The van der Waals surface area contributed by atoms with Crippen LogP contribution in [0.25, 0.3) is 56.0 Å². The maximum atomic E-state index is 5.25. The van der Waals surface area contributed by atoms with Gasteiger partial charge in [0.2, 0.25) is 0 Å². The Morgan fingerprint density at radius 3 is 2.76 bits per heavy atom. The van der Waals surface area contributed by atoms with Gasteiger partial charge < -0.3 is 9.40 Å². The van der Waals surface area contributed by atoms with Crippen molar-refractivity contribution < 1.29 is 4.42 Å². The molecule has 6 aromatic rings. The van der Waals surface area contributed by atoms with Crippen LogP contribution >= 0.6 is 0 Å². The summed E-state index contributed by atoms with van der Waals surface area (Å²) in [6, 6.07) is 15.7. The fourth-order valence-corrected chi connectivity index (χ4v) is 3.57. The molecule has 0 fully saturated rings. The van der Waals surface area contributed by atoms with E-state index in [9.17, 15) is 0 Å². The number of hydrogen-bond donors (Lipinski definition) is 2. The van der Waals surface area contributed by atoms with Crippen molar-refractivity contribution in [3.63, 3.8) is 0 Å². The molecule has 0 aliphatic rings. The van der Waals surface area contributed by atoms with Crippen molar-refractivity contribution in [1.82, 2.24) is 30.1 Å². The predicted molar refractivity (Wildman–Crippen MR) is 110 cm³/mol. The van der Waals surface area contributed by atoms with Crippen LogP contribution in [0.5, 0.6) is 0 Å². The summed E-state index contributed by atoms with van der Waals surface area (Å²) in [6.45, 7) is 0. The second-order valence-corrected chi connectivity index (χ2v) is 6.70. The van der Waals surface area contributed by atoms with Crippen LogP contribution in [0.1, 0.15) is 0 Å². The van der Waals surface area contributed by atoms with Crippen molar-refractivity contribution in [2.75, 3.05) is 0 Å². The Bertz CT molecular complexity index is 1450. The minimum Gasteiger partial charge on any atom is -0.472 e. The Labute approximate surface area is 164 Å². The lowest BCUT2D eigenvalue weighted by atomic mass is 10.1. The number of H-pyrrole nitrogens is 2. The lowest BCUT2D eigenvalue weighted by molar-refractivity contribution is 0.568. The van der Waals surface area contributed by atoms with E-state index >= 15 is 0 Å². The maximum Gasteiger partial charge on any atom is 0.138 e. The Kier molecular flexibility index (Phi) is 3.33. The summed E-state index contributed by atoms with van der Waals surface area (Å²) in [5.41, 5.74) is 7.70. The van der Waals surface area contributed by atoms with Crippen molar-refractivity contribution >= 4 is 22.1 Å². The Balaban J connectivity index is 1.53. The van der Waals surface area contributed by atoms with Gasteiger partial charge in [0, 0.05) is 23.3 Å². The summed E-state index contributed by atoms with van der Waals surface area (Å²) >= 11 is 0. The largest absolute Gasteiger partial charge is 0.472 e. The van der Waals surface area contributed by atoms with Crippen molar-refractivity contribution in [2.45, 2.75) is 0 Å². The highest BCUT2D eigenvalue weighted by Gasteiger charge is 2.16. The number of fused-ring (bicyclic) bond motifs is 2. The normalized spacial score (nSPS) is 11.4. The van der Waals surface area contributed by atoms with E-state index in [1.54, 1.807) is 24.9 Å². The van der Waals surface area contributed by atoms with E-state index in [1.807, 2.05) is 42.5 Å². The molecule has 6 rings (SSSR count). The van der Waals surface area contributed by atoms with Crippen molar-refractivity contribution in [3.05, 3.63) is 73.5 Å². The monoisotopic (exact) mass is 378 g/mol.